The lowest BCUT2D eigenvalue weighted by molar-refractivity contribution is 0.307. The highest BCUT2D eigenvalue weighted by Crippen LogP contribution is 2.21. The lowest BCUT2D eigenvalue weighted by Gasteiger charge is -2.08. The summed E-state index contributed by atoms with van der Waals surface area (Å²) in [6.07, 6.45) is 0. The van der Waals surface area contributed by atoms with Gasteiger partial charge in [0.15, 0.2) is 5.76 Å². The fraction of sp³-hybridized carbons (Fsp3) is 0.316. The summed E-state index contributed by atoms with van der Waals surface area (Å²) in [5.41, 5.74) is 1.91. The van der Waals surface area contributed by atoms with Crippen LogP contribution in [0.5, 0.6) is 11.6 Å². The van der Waals surface area contributed by atoms with E-state index in [0.29, 0.717) is 23.9 Å². The number of nitrogens with zero attached hydrogens (tertiary/aromatic N) is 3. The van der Waals surface area contributed by atoms with Crippen molar-refractivity contribution in [3.63, 3.8) is 0 Å². The molecule has 9 nitrogen and oxygen atoms in total. The first-order chi connectivity index (χ1) is 13.9. The van der Waals surface area contributed by atoms with Gasteiger partial charge in [-0.3, -0.25) is 0 Å². The van der Waals surface area contributed by atoms with Crippen molar-refractivity contribution in [1.82, 2.24) is 20.1 Å². The van der Waals surface area contributed by atoms with Crippen molar-refractivity contribution in [1.29, 1.82) is 0 Å². The van der Waals surface area contributed by atoms with E-state index < -0.39 is 10.0 Å². The monoisotopic (exact) mass is 418 g/mol. The van der Waals surface area contributed by atoms with Crippen molar-refractivity contribution in [2.45, 2.75) is 25.7 Å². The molecular formula is C19H22N4O5S. The highest BCUT2D eigenvalue weighted by Gasteiger charge is 2.23. The number of benzene rings is 1. The first-order valence-electron chi connectivity index (χ1n) is 9.03. The van der Waals surface area contributed by atoms with Crippen LogP contribution in [0.15, 0.2) is 45.8 Å². The molecule has 0 aliphatic carbocycles. The van der Waals surface area contributed by atoms with Crippen LogP contribution in [0.2, 0.25) is 0 Å². The Morgan fingerprint density at radius 1 is 1.03 bits per heavy atom. The zero-order chi connectivity index (χ0) is 20.9. The van der Waals surface area contributed by atoms with Crippen LogP contribution in [0.4, 0.5) is 0 Å². The number of aromatic nitrogens is 3. The van der Waals surface area contributed by atoms with E-state index in [0.717, 1.165) is 11.3 Å². The lowest BCUT2D eigenvalue weighted by Crippen LogP contribution is -2.29. The molecule has 0 unspecified atom stereocenters. The van der Waals surface area contributed by atoms with E-state index in [1.165, 1.54) is 0 Å². The van der Waals surface area contributed by atoms with Gasteiger partial charge in [0.05, 0.1) is 12.3 Å². The van der Waals surface area contributed by atoms with Gasteiger partial charge in [0.2, 0.25) is 15.9 Å². The first-order valence-corrected chi connectivity index (χ1v) is 10.5. The Hall–Kier alpha value is -2.98. The minimum Gasteiger partial charge on any atom is -0.494 e. The predicted molar refractivity (Wildman–Crippen MR) is 105 cm³/mol. The van der Waals surface area contributed by atoms with Crippen LogP contribution in [-0.2, 0) is 10.0 Å². The third-order valence-electron chi connectivity index (χ3n) is 3.98. The first kappa shape index (κ1) is 20.7. The maximum absolute atomic E-state index is 12.3. The Morgan fingerprint density at radius 2 is 1.79 bits per heavy atom. The second-order valence-electron chi connectivity index (χ2n) is 6.11. The Balaban J connectivity index is 1.53. The molecule has 0 atom stereocenters. The van der Waals surface area contributed by atoms with E-state index in [9.17, 15) is 8.42 Å². The van der Waals surface area contributed by atoms with Crippen LogP contribution in [0, 0.1) is 13.8 Å². The summed E-state index contributed by atoms with van der Waals surface area (Å²) in [5.74, 6) is 1.34. The van der Waals surface area contributed by atoms with Crippen LogP contribution in [-0.4, -0.2) is 43.5 Å². The molecule has 0 saturated carbocycles. The predicted octanol–water partition coefficient (Wildman–Crippen LogP) is 2.50. The molecule has 0 saturated heterocycles. The molecule has 10 heteroatoms. The molecule has 1 aromatic carbocycles. The number of hydrogen-bond donors (Lipinski definition) is 1. The van der Waals surface area contributed by atoms with Gasteiger partial charge in [-0.1, -0.05) is 5.16 Å². The molecule has 0 radical (unpaired) electrons. The van der Waals surface area contributed by atoms with Crippen molar-refractivity contribution in [2.75, 3.05) is 19.8 Å². The number of sulfonamides is 1. The van der Waals surface area contributed by atoms with E-state index in [-0.39, 0.29) is 23.8 Å². The van der Waals surface area contributed by atoms with Gasteiger partial charge < -0.3 is 14.0 Å². The van der Waals surface area contributed by atoms with Crippen LogP contribution in [0.3, 0.4) is 0 Å². The SMILES string of the molecule is CCOc1ccc(-c2ccc(OCCNS(=O)(=O)c3c(C)noc3C)nn2)cc1. The van der Waals surface area contributed by atoms with Gasteiger partial charge in [-0.15, -0.1) is 10.2 Å². The Labute approximate surface area is 169 Å². The lowest BCUT2D eigenvalue weighted by atomic mass is 10.1. The molecule has 0 amide bonds. The third-order valence-corrected chi connectivity index (χ3v) is 5.69. The molecule has 0 fully saturated rings. The van der Waals surface area contributed by atoms with Gasteiger partial charge in [-0.2, -0.15) is 0 Å². The Kier molecular flexibility index (Phi) is 6.45. The molecule has 2 aromatic heterocycles. The summed E-state index contributed by atoms with van der Waals surface area (Å²) in [4.78, 5) is 0.0528. The number of nitrogens with one attached hydrogen (secondary N) is 1. The third kappa shape index (κ3) is 5.09. The number of hydrogen-bond acceptors (Lipinski definition) is 8. The summed E-state index contributed by atoms with van der Waals surface area (Å²) in [7, 11) is -3.72. The second kappa shape index (κ2) is 9.01. The molecule has 0 spiro atoms. The number of ether oxygens (including phenoxy) is 2. The minimum atomic E-state index is -3.72. The fourth-order valence-corrected chi connectivity index (χ4v) is 4.04. The summed E-state index contributed by atoms with van der Waals surface area (Å²) < 4.78 is 42.8. The molecule has 0 aliphatic rings. The number of rotatable bonds is 9. The van der Waals surface area contributed by atoms with Gasteiger partial charge >= 0.3 is 0 Å². The molecule has 1 N–H and O–H groups in total. The highest BCUT2D eigenvalue weighted by atomic mass is 32.2. The standard InChI is InChI=1S/C19H22N4O5S/c1-4-26-16-7-5-15(6-8-16)17-9-10-18(22-21-17)27-12-11-20-29(24,25)19-13(2)23-28-14(19)3/h5-10,20H,4,11-12H2,1-3H3. The molecule has 2 heterocycles. The van der Waals surface area contributed by atoms with Crippen molar-refractivity contribution in [2.24, 2.45) is 0 Å². The normalized spacial score (nSPS) is 11.4. The van der Waals surface area contributed by atoms with Crippen molar-refractivity contribution in [3.05, 3.63) is 47.9 Å². The van der Waals surface area contributed by atoms with Crippen molar-refractivity contribution < 1.29 is 22.4 Å². The molecule has 0 aliphatic heterocycles. The molecule has 29 heavy (non-hydrogen) atoms. The Bertz CT molecular complexity index is 1030. The van der Waals surface area contributed by atoms with Crippen LogP contribution < -0.4 is 14.2 Å². The average molecular weight is 418 g/mol. The molecule has 3 aromatic rings. The Morgan fingerprint density at radius 3 is 2.38 bits per heavy atom. The summed E-state index contributed by atoms with van der Waals surface area (Å²) in [6, 6.07) is 11.0. The zero-order valence-corrected chi connectivity index (χ0v) is 17.2. The summed E-state index contributed by atoms with van der Waals surface area (Å²) in [5, 5.41) is 11.8. The van der Waals surface area contributed by atoms with E-state index >= 15 is 0 Å². The van der Waals surface area contributed by atoms with Gasteiger partial charge in [0.1, 0.15) is 22.9 Å². The highest BCUT2D eigenvalue weighted by molar-refractivity contribution is 7.89. The fourth-order valence-electron chi connectivity index (χ4n) is 2.70. The quantitative estimate of drug-likeness (QED) is 0.527. The van der Waals surface area contributed by atoms with Crippen LogP contribution >= 0.6 is 0 Å². The van der Waals surface area contributed by atoms with Crippen LogP contribution in [0.1, 0.15) is 18.4 Å². The van der Waals surface area contributed by atoms with E-state index in [1.54, 1.807) is 26.0 Å². The van der Waals surface area contributed by atoms with Gasteiger partial charge in [0, 0.05) is 18.2 Å². The van der Waals surface area contributed by atoms with Crippen molar-refractivity contribution >= 4 is 10.0 Å². The van der Waals surface area contributed by atoms with Crippen molar-refractivity contribution in [3.8, 4) is 22.9 Å². The van der Waals surface area contributed by atoms with Gasteiger partial charge in [-0.05, 0) is 51.1 Å². The molecular weight excluding hydrogens is 396 g/mol. The molecule has 3 rings (SSSR count). The molecule has 0 bridgehead atoms. The van der Waals surface area contributed by atoms with E-state index in [2.05, 4.69) is 20.1 Å². The minimum absolute atomic E-state index is 0.0528. The zero-order valence-electron chi connectivity index (χ0n) is 16.4. The maximum atomic E-state index is 12.3. The number of aryl methyl sites for hydroxylation is 2. The second-order valence-corrected chi connectivity index (χ2v) is 7.82. The van der Waals surface area contributed by atoms with Gasteiger partial charge in [-0.25, -0.2) is 13.1 Å². The maximum Gasteiger partial charge on any atom is 0.246 e. The molecule has 154 valence electrons. The van der Waals surface area contributed by atoms with E-state index in [4.69, 9.17) is 14.0 Å². The topological polar surface area (TPSA) is 116 Å². The smallest absolute Gasteiger partial charge is 0.246 e. The van der Waals surface area contributed by atoms with Gasteiger partial charge in [0.25, 0.3) is 0 Å². The summed E-state index contributed by atoms with van der Waals surface area (Å²) >= 11 is 0. The summed E-state index contributed by atoms with van der Waals surface area (Å²) in [6.45, 7) is 5.82. The average Bonchev–Trinajstić information content (AvgIpc) is 3.06. The largest absolute Gasteiger partial charge is 0.494 e. The van der Waals surface area contributed by atoms with E-state index in [1.807, 2.05) is 31.2 Å². The van der Waals surface area contributed by atoms with Crippen LogP contribution in [0.25, 0.3) is 11.3 Å².